The van der Waals surface area contributed by atoms with Crippen molar-refractivity contribution >= 4 is 23.6 Å². The second kappa shape index (κ2) is 10.4. The zero-order valence-electron chi connectivity index (χ0n) is 22.3. The van der Waals surface area contributed by atoms with Gasteiger partial charge < -0.3 is 24.8 Å². The van der Waals surface area contributed by atoms with Crippen LogP contribution in [0.1, 0.15) is 79.5 Å². The van der Waals surface area contributed by atoms with Crippen LogP contribution in [-0.2, 0) is 25.4 Å². The van der Waals surface area contributed by atoms with Gasteiger partial charge in [0.2, 0.25) is 0 Å². The van der Waals surface area contributed by atoms with Crippen molar-refractivity contribution in [2.75, 3.05) is 18.9 Å². The lowest BCUT2D eigenvalue weighted by Crippen LogP contribution is -2.54. The molecule has 9 heteroatoms. The van der Waals surface area contributed by atoms with E-state index in [0.717, 1.165) is 0 Å². The Morgan fingerprint density at radius 1 is 1.23 bits per heavy atom. The normalized spacial score (nSPS) is 20.8. The molecule has 2 rings (SSSR count). The standard InChI is InChI=1S/C26H40FN3O5/c1-10-33-17(3)18-13-20(28)29-19(21(18)27)15-26(22(31)34-24(4,5)6)11-12-30(16(2)14-26)23(32)35-25(7,8)9/h13,16H,3,10-12,14-15H2,1-2,4-9H3,(H2,28,29)/t16-,26-/m1/s1. The van der Waals surface area contributed by atoms with Crippen LogP contribution in [0.15, 0.2) is 12.6 Å². The number of nitrogens with two attached hydrogens (primary N) is 1. The average Bonchev–Trinajstić information content (AvgIpc) is 2.68. The number of esters is 1. The third-order valence-corrected chi connectivity index (χ3v) is 5.68. The molecule has 1 aliphatic heterocycles. The van der Waals surface area contributed by atoms with Crippen LogP contribution < -0.4 is 5.73 Å². The van der Waals surface area contributed by atoms with E-state index in [1.165, 1.54) is 6.07 Å². The molecule has 1 amide bonds. The Balaban J connectivity index is 2.45. The first-order valence-electron chi connectivity index (χ1n) is 12.0. The highest BCUT2D eigenvalue weighted by atomic mass is 19.1. The predicted octanol–water partition coefficient (Wildman–Crippen LogP) is 5.10. The van der Waals surface area contributed by atoms with E-state index < -0.39 is 34.5 Å². The number of hydrogen-bond acceptors (Lipinski definition) is 7. The number of nitrogens with zero attached hydrogens (tertiary/aromatic N) is 2. The van der Waals surface area contributed by atoms with Gasteiger partial charge in [0.25, 0.3) is 0 Å². The quantitative estimate of drug-likeness (QED) is 0.434. The van der Waals surface area contributed by atoms with Crippen molar-refractivity contribution < 1.29 is 28.2 Å². The Bertz CT molecular complexity index is 967. The van der Waals surface area contributed by atoms with Gasteiger partial charge in [0.15, 0.2) is 5.82 Å². The third kappa shape index (κ3) is 7.32. The molecule has 0 aromatic carbocycles. The van der Waals surface area contributed by atoms with Crippen LogP contribution in [0.4, 0.5) is 15.0 Å². The summed E-state index contributed by atoms with van der Waals surface area (Å²) in [6.07, 6.45) is 0.00554. The number of rotatable bonds is 6. The molecule has 2 N–H and O–H groups in total. The largest absolute Gasteiger partial charge is 0.494 e. The minimum atomic E-state index is -1.11. The topological polar surface area (TPSA) is 104 Å². The molecule has 8 nitrogen and oxygen atoms in total. The molecule has 0 bridgehead atoms. The fraction of sp³-hybridized carbons (Fsp3) is 0.654. The van der Waals surface area contributed by atoms with E-state index in [2.05, 4.69) is 11.6 Å². The highest BCUT2D eigenvalue weighted by molar-refractivity contribution is 5.79. The fourth-order valence-electron chi connectivity index (χ4n) is 4.23. The smallest absolute Gasteiger partial charge is 0.410 e. The number of aromatic nitrogens is 1. The lowest BCUT2D eigenvalue weighted by Gasteiger charge is -2.44. The van der Waals surface area contributed by atoms with Crippen molar-refractivity contribution in [3.8, 4) is 0 Å². The number of nitrogen functional groups attached to an aromatic ring is 1. The van der Waals surface area contributed by atoms with E-state index >= 15 is 4.39 Å². The molecule has 35 heavy (non-hydrogen) atoms. The molecule has 0 saturated carbocycles. The van der Waals surface area contributed by atoms with Crippen molar-refractivity contribution in [3.63, 3.8) is 0 Å². The number of hydrogen-bond donors (Lipinski definition) is 1. The molecule has 2 heterocycles. The summed E-state index contributed by atoms with van der Waals surface area (Å²) < 4.78 is 32.2. The second-order valence-corrected chi connectivity index (χ2v) is 11.1. The summed E-state index contributed by atoms with van der Waals surface area (Å²) in [6.45, 7) is 18.7. The summed E-state index contributed by atoms with van der Waals surface area (Å²) in [5, 5.41) is 0. The van der Waals surface area contributed by atoms with Crippen molar-refractivity contribution in [1.29, 1.82) is 0 Å². The lowest BCUT2D eigenvalue weighted by atomic mass is 9.72. The van der Waals surface area contributed by atoms with Gasteiger partial charge in [0.1, 0.15) is 22.8 Å². The van der Waals surface area contributed by atoms with E-state index in [1.54, 1.807) is 53.4 Å². The van der Waals surface area contributed by atoms with Gasteiger partial charge in [-0.15, -0.1) is 0 Å². The summed E-state index contributed by atoms with van der Waals surface area (Å²) in [6, 6.07) is 1.01. The van der Waals surface area contributed by atoms with Gasteiger partial charge in [-0.3, -0.25) is 4.79 Å². The van der Waals surface area contributed by atoms with Crippen molar-refractivity contribution in [3.05, 3.63) is 29.7 Å². The first-order chi connectivity index (χ1) is 16.0. The van der Waals surface area contributed by atoms with E-state index in [0.29, 0.717) is 6.61 Å². The lowest BCUT2D eigenvalue weighted by molar-refractivity contribution is -0.172. The van der Waals surface area contributed by atoms with Crippen LogP contribution in [-0.4, -0.2) is 52.3 Å². The number of anilines is 1. The minimum Gasteiger partial charge on any atom is -0.494 e. The number of carbonyl (C=O) groups excluding carboxylic acids is 2. The van der Waals surface area contributed by atoms with E-state index in [1.807, 2.05) is 6.92 Å². The maximum absolute atomic E-state index is 15.5. The molecule has 196 valence electrons. The summed E-state index contributed by atoms with van der Waals surface area (Å²) in [5.74, 6) is -0.868. The molecule has 1 aliphatic rings. The SMILES string of the molecule is C=C(OCC)c1cc(N)nc(C[C@@]2(C(=O)OC(C)(C)C)CCN(C(=O)OC(C)(C)C)[C@H](C)C2)c1F. The maximum atomic E-state index is 15.5. The summed E-state index contributed by atoms with van der Waals surface area (Å²) >= 11 is 0. The highest BCUT2D eigenvalue weighted by Gasteiger charge is 2.49. The Kier molecular flexibility index (Phi) is 8.45. The number of likely N-dealkylation sites (tertiary alicyclic amines) is 1. The van der Waals surface area contributed by atoms with Gasteiger partial charge in [0.05, 0.1) is 23.3 Å². The van der Waals surface area contributed by atoms with Crippen LogP contribution in [0.2, 0.25) is 0 Å². The van der Waals surface area contributed by atoms with Crippen LogP contribution in [0, 0.1) is 11.2 Å². The molecule has 0 aliphatic carbocycles. The van der Waals surface area contributed by atoms with Crippen LogP contribution >= 0.6 is 0 Å². The number of amides is 1. The maximum Gasteiger partial charge on any atom is 0.410 e. The van der Waals surface area contributed by atoms with Gasteiger partial charge in [-0.05, 0) is 74.3 Å². The van der Waals surface area contributed by atoms with Crippen LogP contribution in [0.25, 0.3) is 5.76 Å². The van der Waals surface area contributed by atoms with Gasteiger partial charge >= 0.3 is 12.1 Å². The van der Waals surface area contributed by atoms with Crippen molar-refractivity contribution in [2.24, 2.45) is 5.41 Å². The van der Waals surface area contributed by atoms with E-state index in [4.69, 9.17) is 19.9 Å². The highest BCUT2D eigenvalue weighted by Crippen LogP contribution is 2.41. The molecule has 1 saturated heterocycles. The third-order valence-electron chi connectivity index (χ3n) is 5.68. The number of carbonyl (C=O) groups is 2. The Morgan fingerprint density at radius 2 is 1.83 bits per heavy atom. The fourth-order valence-corrected chi connectivity index (χ4v) is 4.23. The zero-order valence-corrected chi connectivity index (χ0v) is 22.3. The Morgan fingerprint density at radius 3 is 2.34 bits per heavy atom. The van der Waals surface area contributed by atoms with Gasteiger partial charge in [-0.1, -0.05) is 6.58 Å². The summed E-state index contributed by atoms with van der Waals surface area (Å²) in [4.78, 5) is 32.1. The number of pyridine rings is 1. The molecule has 1 aromatic heterocycles. The minimum absolute atomic E-state index is 0.0321. The molecular weight excluding hydrogens is 453 g/mol. The van der Waals surface area contributed by atoms with Crippen molar-refractivity contribution in [2.45, 2.75) is 91.9 Å². The molecule has 0 radical (unpaired) electrons. The van der Waals surface area contributed by atoms with Gasteiger partial charge in [-0.25, -0.2) is 14.2 Å². The summed E-state index contributed by atoms with van der Waals surface area (Å²) in [7, 11) is 0. The molecule has 0 unspecified atom stereocenters. The van der Waals surface area contributed by atoms with Crippen molar-refractivity contribution in [1.82, 2.24) is 9.88 Å². The molecule has 1 aromatic rings. The molecule has 2 atom stereocenters. The van der Waals surface area contributed by atoms with Crippen LogP contribution in [0.5, 0.6) is 0 Å². The molecule has 1 fully saturated rings. The predicted molar refractivity (Wildman–Crippen MR) is 133 cm³/mol. The van der Waals surface area contributed by atoms with Gasteiger partial charge in [-0.2, -0.15) is 0 Å². The van der Waals surface area contributed by atoms with Gasteiger partial charge in [0, 0.05) is 19.0 Å². The Hall–Kier alpha value is -2.84. The van der Waals surface area contributed by atoms with E-state index in [9.17, 15) is 9.59 Å². The summed E-state index contributed by atoms with van der Waals surface area (Å²) in [5.41, 5.74) is 3.61. The Labute approximate surface area is 208 Å². The first kappa shape index (κ1) is 28.4. The van der Waals surface area contributed by atoms with E-state index in [-0.39, 0.29) is 54.7 Å². The first-order valence-corrected chi connectivity index (χ1v) is 12.0. The molecular formula is C26H40FN3O5. The number of ether oxygens (including phenoxy) is 3. The number of piperidine rings is 1. The zero-order chi connectivity index (χ0) is 26.8. The second-order valence-electron chi connectivity index (χ2n) is 11.1. The monoisotopic (exact) mass is 493 g/mol. The van der Waals surface area contributed by atoms with Crippen LogP contribution in [0.3, 0.4) is 0 Å². The number of halogens is 1. The molecule has 0 spiro atoms. The average molecular weight is 494 g/mol.